The second kappa shape index (κ2) is 10.8. The third-order valence-electron chi connectivity index (χ3n) is 8.03. The molecule has 1 aromatic carbocycles. The lowest BCUT2D eigenvalue weighted by atomic mass is 9.99. The summed E-state index contributed by atoms with van der Waals surface area (Å²) in [6, 6.07) is 10.9. The van der Waals surface area contributed by atoms with E-state index in [0.29, 0.717) is 0 Å². The number of rotatable bonds is 5. The molecule has 0 amide bonds. The van der Waals surface area contributed by atoms with Crippen LogP contribution in [0.1, 0.15) is 96.3 Å². The first-order valence-electron chi connectivity index (χ1n) is 12.4. The standard InChI is InChI=1S/C26H41NPS/c1-29-26(27-22-14-6-2-7-15-22)28(23-16-8-3-9-17-23,24-18-10-4-11-19-24)25-20-12-5-13-21-25/h2,6-7,14-15,23-25H,3-5,8-13,16-21H2,1H3/q+1. The Labute approximate surface area is 184 Å². The van der Waals surface area contributed by atoms with Gasteiger partial charge in [0.2, 0.25) is 4.78 Å². The molecule has 0 bridgehead atoms. The number of benzene rings is 1. The topological polar surface area (TPSA) is 12.4 Å². The van der Waals surface area contributed by atoms with Gasteiger partial charge in [0.25, 0.3) is 0 Å². The smallest absolute Gasteiger partial charge is 0.208 e. The Bertz CT molecular complexity index is 594. The van der Waals surface area contributed by atoms with Crippen LogP contribution in [0, 0.1) is 0 Å². The highest BCUT2D eigenvalue weighted by Gasteiger charge is 2.61. The molecule has 0 spiro atoms. The average Bonchev–Trinajstić information content (AvgIpc) is 2.82. The molecule has 0 heterocycles. The van der Waals surface area contributed by atoms with Gasteiger partial charge in [0.05, 0.1) is 29.9 Å². The number of para-hydroxylation sites is 1. The maximum absolute atomic E-state index is 5.50. The van der Waals surface area contributed by atoms with Gasteiger partial charge in [-0.2, -0.15) is 0 Å². The van der Waals surface area contributed by atoms with Crippen molar-refractivity contribution in [3.63, 3.8) is 0 Å². The number of aliphatic imine (C=N–C) groups is 1. The fraction of sp³-hybridized carbons (Fsp3) is 0.731. The lowest BCUT2D eigenvalue weighted by molar-refractivity contribution is 0.456. The third kappa shape index (κ3) is 4.79. The average molecular weight is 431 g/mol. The molecule has 0 unspecified atom stereocenters. The minimum Gasteiger partial charge on any atom is -0.208 e. The zero-order valence-electron chi connectivity index (χ0n) is 18.5. The van der Waals surface area contributed by atoms with Gasteiger partial charge in [-0.3, -0.25) is 0 Å². The Morgan fingerprint density at radius 1 is 0.690 bits per heavy atom. The predicted molar refractivity (Wildman–Crippen MR) is 135 cm³/mol. The summed E-state index contributed by atoms with van der Waals surface area (Å²) in [7, 11) is -1.29. The molecular formula is C26H41NPS+. The van der Waals surface area contributed by atoms with Crippen molar-refractivity contribution >= 4 is 29.5 Å². The SMILES string of the molecule is CSC(=Nc1ccccc1)[P+](C1CCCCC1)(C1CCCCC1)C1CCCCC1. The first-order valence-corrected chi connectivity index (χ1v) is 15.6. The molecule has 3 heteroatoms. The van der Waals surface area contributed by atoms with Gasteiger partial charge in [-0.05, 0) is 95.4 Å². The summed E-state index contributed by atoms with van der Waals surface area (Å²) in [5, 5.41) is 0. The molecule has 4 rings (SSSR count). The molecule has 3 fully saturated rings. The predicted octanol–water partition coefficient (Wildman–Crippen LogP) is 9.05. The number of thioether (sulfide) groups is 1. The lowest BCUT2D eigenvalue weighted by Crippen LogP contribution is -2.39. The lowest BCUT2D eigenvalue weighted by Gasteiger charge is -2.48. The van der Waals surface area contributed by atoms with Crippen molar-refractivity contribution in [1.29, 1.82) is 0 Å². The van der Waals surface area contributed by atoms with Crippen LogP contribution in [0.25, 0.3) is 0 Å². The quantitative estimate of drug-likeness (QED) is 0.258. The molecule has 0 aliphatic heterocycles. The largest absolute Gasteiger partial charge is 0.217 e. The van der Waals surface area contributed by atoms with E-state index in [1.165, 1.54) is 102 Å². The van der Waals surface area contributed by atoms with Crippen molar-refractivity contribution in [3.8, 4) is 0 Å². The zero-order chi connectivity index (χ0) is 19.9. The van der Waals surface area contributed by atoms with Crippen LogP contribution in [0.2, 0.25) is 0 Å². The van der Waals surface area contributed by atoms with Crippen molar-refractivity contribution in [2.75, 3.05) is 6.26 Å². The van der Waals surface area contributed by atoms with E-state index in [9.17, 15) is 0 Å². The van der Waals surface area contributed by atoms with Gasteiger partial charge in [-0.25, -0.2) is 4.99 Å². The molecule has 0 aromatic heterocycles. The Morgan fingerprint density at radius 3 is 1.48 bits per heavy atom. The highest BCUT2D eigenvalue weighted by Crippen LogP contribution is 2.79. The molecule has 29 heavy (non-hydrogen) atoms. The van der Waals surface area contributed by atoms with Crippen molar-refractivity contribution < 1.29 is 0 Å². The maximum Gasteiger partial charge on any atom is 0.217 e. The minimum atomic E-state index is -1.29. The molecule has 1 aromatic rings. The number of hydrogen-bond acceptors (Lipinski definition) is 2. The molecule has 3 aliphatic carbocycles. The van der Waals surface area contributed by atoms with Crippen LogP contribution in [-0.2, 0) is 0 Å². The van der Waals surface area contributed by atoms with Gasteiger partial charge in [0.15, 0.2) is 0 Å². The summed E-state index contributed by atoms with van der Waals surface area (Å²) < 4.78 is 0. The molecule has 3 aliphatic rings. The Morgan fingerprint density at radius 2 is 1.10 bits per heavy atom. The van der Waals surface area contributed by atoms with Crippen molar-refractivity contribution in [3.05, 3.63) is 30.3 Å². The number of hydrogen-bond donors (Lipinski definition) is 0. The molecule has 0 atom stereocenters. The summed E-state index contributed by atoms with van der Waals surface area (Å²) in [5.41, 5.74) is 4.11. The van der Waals surface area contributed by atoms with Gasteiger partial charge in [0.1, 0.15) is 0 Å². The highest BCUT2D eigenvalue weighted by atomic mass is 32.2. The van der Waals surface area contributed by atoms with Crippen LogP contribution >= 0.6 is 19.0 Å². The van der Waals surface area contributed by atoms with Gasteiger partial charge in [-0.1, -0.05) is 49.2 Å². The van der Waals surface area contributed by atoms with Crippen LogP contribution in [0.15, 0.2) is 35.3 Å². The van der Waals surface area contributed by atoms with Crippen LogP contribution in [0.4, 0.5) is 5.69 Å². The summed E-state index contributed by atoms with van der Waals surface area (Å²) in [5.74, 6) is 0. The van der Waals surface area contributed by atoms with E-state index >= 15 is 0 Å². The van der Waals surface area contributed by atoms with Crippen molar-refractivity contribution in [2.24, 2.45) is 4.99 Å². The summed E-state index contributed by atoms with van der Waals surface area (Å²) >= 11 is 2.05. The third-order valence-corrected chi connectivity index (χ3v) is 15.9. The molecule has 0 N–H and O–H groups in total. The zero-order valence-corrected chi connectivity index (χ0v) is 20.2. The van der Waals surface area contributed by atoms with E-state index in [1.54, 1.807) is 4.78 Å². The normalized spacial score (nSPS) is 24.0. The van der Waals surface area contributed by atoms with E-state index in [1.807, 2.05) is 0 Å². The van der Waals surface area contributed by atoms with Crippen LogP contribution in [-0.4, -0.2) is 28.0 Å². The molecule has 0 saturated heterocycles. The summed E-state index contributed by atoms with van der Waals surface area (Å²) in [6.45, 7) is 0. The maximum atomic E-state index is 5.50. The molecule has 3 saturated carbocycles. The van der Waals surface area contributed by atoms with Gasteiger partial charge in [0, 0.05) is 0 Å². The highest BCUT2D eigenvalue weighted by molar-refractivity contribution is 8.29. The van der Waals surface area contributed by atoms with E-state index in [-0.39, 0.29) is 0 Å². The second-order valence-corrected chi connectivity index (χ2v) is 15.0. The Hall–Kier alpha value is -0.330. The summed E-state index contributed by atoms with van der Waals surface area (Å²) in [6.07, 6.45) is 24.6. The first-order chi connectivity index (χ1) is 14.4. The van der Waals surface area contributed by atoms with E-state index in [4.69, 9.17) is 4.99 Å². The van der Waals surface area contributed by atoms with Crippen LogP contribution in [0.3, 0.4) is 0 Å². The van der Waals surface area contributed by atoms with E-state index in [0.717, 1.165) is 17.0 Å². The van der Waals surface area contributed by atoms with Crippen LogP contribution in [0.5, 0.6) is 0 Å². The second-order valence-electron chi connectivity index (χ2n) is 9.64. The van der Waals surface area contributed by atoms with Crippen molar-refractivity contribution in [1.82, 2.24) is 0 Å². The Balaban J connectivity index is 1.82. The fourth-order valence-corrected chi connectivity index (χ4v) is 16.3. The number of nitrogens with zero attached hydrogens (tertiary/aromatic N) is 1. The van der Waals surface area contributed by atoms with Gasteiger partial charge in [-0.15, -0.1) is 0 Å². The monoisotopic (exact) mass is 430 g/mol. The Kier molecular flexibility index (Phi) is 8.16. The van der Waals surface area contributed by atoms with E-state index in [2.05, 4.69) is 48.3 Å². The fourth-order valence-electron chi connectivity index (χ4n) is 6.79. The van der Waals surface area contributed by atoms with Gasteiger partial charge >= 0.3 is 0 Å². The summed E-state index contributed by atoms with van der Waals surface area (Å²) in [4.78, 5) is 7.12. The molecule has 1 nitrogen and oxygen atoms in total. The first kappa shape index (κ1) is 21.9. The van der Waals surface area contributed by atoms with Crippen LogP contribution < -0.4 is 0 Å². The molecule has 160 valence electrons. The van der Waals surface area contributed by atoms with E-state index < -0.39 is 7.26 Å². The van der Waals surface area contributed by atoms with Gasteiger partial charge < -0.3 is 0 Å². The molecular weight excluding hydrogens is 389 g/mol. The van der Waals surface area contributed by atoms with Crippen molar-refractivity contribution in [2.45, 2.75) is 113 Å². The minimum absolute atomic E-state index is 0.970. The molecule has 0 radical (unpaired) electrons.